The maximum Gasteiger partial charge on any atom is 0.0459 e. The minimum atomic E-state index is 0.276. The third-order valence-electron chi connectivity index (χ3n) is 2.05. The quantitative estimate of drug-likeness (QED) is 0.630. The summed E-state index contributed by atoms with van der Waals surface area (Å²) in [6.07, 6.45) is 2.20. The molecule has 0 unspecified atom stereocenters. The lowest BCUT2D eigenvalue weighted by Crippen LogP contribution is -2.27. The molecule has 0 heterocycles. The fourth-order valence-electron chi connectivity index (χ4n) is 1.33. The maximum absolute atomic E-state index is 5.47. The molecule has 0 bridgehead atoms. The lowest BCUT2D eigenvalue weighted by molar-refractivity contribution is 0.510. The number of hydrazine groups is 1. The summed E-state index contributed by atoms with van der Waals surface area (Å²) < 4.78 is 1.10. The second-order valence-electron chi connectivity index (χ2n) is 3.06. The van der Waals surface area contributed by atoms with Crippen LogP contribution in [0.1, 0.15) is 31.4 Å². The molecule has 0 aliphatic heterocycles. The van der Waals surface area contributed by atoms with Gasteiger partial charge >= 0.3 is 0 Å². The monoisotopic (exact) mass is 242 g/mol. The van der Waals surface area contributed by atoms with E-state index in [-0.39, 0.29) is 6.04 Å². The standard InChI is InChI=1S/C10H15BrN2/c1-2-3-10(13-12)8-4-6-9(11)7-5-8/h4-7,10,13H,2-3,12H2,1H3/t10-/m1/s1. The molecule has 0 saturated heterocycles. The van der Waals surface area contributed by atoms with Crippen molar-refractivity contribution in [1.82, 2.24) is 5.43 Å². The van der Waals surface area contributed by atoms with Gasteiger partial charge in [0, 0.05) is 10.5 Å². The predicted octanol–water partition coefficient (Wildman–Crippen LogP) is 2.75. The van der Waals surface area contributed by atoms with Gasteiger partial charge in [-0.3, -0.25) is 11.3 Å². The van der Waals surface area contributed by atoms with E-state index >= 15 is 0 Å². The predicted molar refractivity (Wildman–Crippen MR) is 59.1 cm³/mol. The number of halogens is 1. The van der Waals surface area contributed by atoms with Crippen LogP contribution in [0.15, 0.2) is 28.7 Å². The number of nitrogens with one attached hydrogen (secondary N) is 1. The summed E-state index contributed by atoms with van der Waals surface area (Å²) in [4.78, 5) is 0. The van der Waals surface area contributed by atoms with Crippen LogP contribution < -0.4 is 11.3 Å². The molecule has 0 aliphatic rings. The van der Waals surface area contributed by atoms with Crippen molar-refractivity contribution in [3.63, 3.8) is 0 Å². The Kier molecular flexibility index (Phi) is 4.42. The zero-order valence-electron chi connectivity index (χ0n) is 7.76. The van der Waals surface area contributed by atoms with Gasteiger partial charge in [-0.2, -0.15) is 0 Å². The summed E-state index contributed by atoms with van der Waals surface area (Å²) in [6, 6.07) is 8.53. The normalized spacial score (nSPS) is 12.8. The second-order valence-corrected chi connectivity index (χ2v) is 3.98. The Morgan fingerprint density at radius 2 is 2.00 bits per heavy atom. The molecule has 1 aromatic rings. The molecular formula is C10H15BrN2. The molecule has 2 nitrogen and oxygen atoms in total. The Morgan fingerprint density at radius 3 is 2.46 bits per heavy atom. The van der Waals surface area contributed by atoms with Crippen LogP contribution in [0.4, 0.5) is 0 Å². The smallest absolute Gasteiger partial charge is 0.0459 e. The Balaban J connectivity index is 2.73. The summed E-state index contributed by atoms with van der Waals surface area (Å²) in [6.45, 7) is 2.16. The Bertz CT molecular complexity index is 246. The van der Waals surface area contributed by atoms with Crippen LogP contribution in [-0.2, 0) is 0 Å². The van der Waals surface area contributed by atoms with Crippen LogP contribution >= 0.6 is 15.9 Å². The average Bonchev–Trinajstić information content (AvgIpc) is 2.16. The highest BCUT2D eigenvalue weighted by Gasteiger charge is 2.06. The van der Waals surface area contributed by atoms with Gasteiger partial charge in [0.15, 0.2) is 0 Å². The van der Waals surface area contributed by atoms with Crippen LogP contribution in [0, 0.1) is 0 Å². The van der Waals surface area contributed by atoms with E-state index in [2.05, 4.69) is 40.4 Å². The molecule has 1 rings (SSSR count). The van der Waals surface area contributed by atoms with E-state index in [4.69, 9.17) is 5.84 Å². The lowest BCUT2D eigenvalue weighted by Gasteiger charge is -2.14. The molecule has 0 spiro atoms. The molecule has 0 fully saturated rings. The third-order valence-corrected chi connectivity index (χ3v) is 2.58. The van der Waals surface area contributed by atoms with E-state index in [9.17, 15) is 0 Å². The van der Waals surface area contributed by atoms with Crippen molar-refractivity contribution in [2.75, 3.05) is 0 Å². The van der Waals surface area contributed by atoms with Gasteiger partial charge in [0.1, 0.15) is 0 Å². The van der Waals surface area contributed by atoms with E-state index in [0.29, 0.717) is 0 Å². The molecule has 0 saturated carbocycles. The molecule has 0 amide bonds. The Hall–Kier alpha value is -0.380. The summed E-state index contributed by atoms with van der Waals surface area (Å²) in [5.41, 5.74) is 4.07. The minimum Gasteiger partial charge on any atom is -0.271 e. The molecule has 13 heavy (non-hydrogen) atoms. The van der Waals surface area contributed by atoms with Gasteiger partial charge in [-0.15, -0.1) is 0 Å². The highest BCUT2D eigenvalue weighted by molar-refractivity contribution is 9.10. The Labute approximate surface area is 87.6 Å². The summed E-state index contributed by atoms with van der Waals surface area (Å²) in [5.74, 6) is 5.47. The first-order chi connectivity index (χ1) is 6.27. The van der Waals surface area contributed by atoms with Crippen molar-refractivity contribution in [1.29, 1.82) is 0 Å². The number of benzene rings is 1. The molecule has 3 N–H and O–H groups in total. The van der Waals surface area contributed by atoms with Gasteiger partial charge in [0.05, 0.1) is 0 Å². The van der Waals surface area contributed by atoms with Gasteiger partial charge in [-0.25, -0.2) is 0 Å². The van der Waals surface area contributed by atoms with Crippen molar-refractivity contribution < 1.29 is 0 Å². The van der Waals surface area contributed by atoms with Crippen LogP contribution in [0.2, 0.25) is 0 Å². The first-order valence-corrected chi connectivity index (χ1v) is 5.28. The first-order valence-electron chi connectivity index (χ1n) is 4.49. The van der Waals surface area contributed by atoms with Crippen LogP contribution in [0.3, 0.4) is 0 Å². The van der Waals surface area contributed by atoms with E-state index < -0.39 is 0 Å². The molecule has 1 atom stereocenters. The van der Waals surface area contributed by atoms with Crippen molar-refractivity contribution in [2.24, 2.45) is 5.84 Å². The number of rotatable bonds is 4. The lowest BCUT2D eigenvalue weighted by atomic mass is 10.0. The average molecular weight is 243 g/mol. The molecule has 0 aromatic heterocycles. The number of hydrogen-bond donors (Lipinski definition) is 2. The summed E-state index contributed by atoms with van der Waals surface area (Å²) in [5, 5.41) is 0. The molecular weight excluding hydrogens is 228 g/mol. The van der Waals surface area contributed by atoms with Crippen molar-refractivity contribution >= 4 is 15.9 Å². The van der Waals surface area contributed by atoms with Gasteiger partial charge < -0.3 is 0 Å². The second kappa shape index (κ2) is 5.37. The third kappa shape index (κ3) is 3.10. The summed E-state index contributed by atoms with van der Waals surface area (Å²) in [7, 11) is 0. The van der Waals surface area contributed by atoms with Crippen molar-refractivity contribution in [3.05, 3.63) is 34.3 Å². The van der Waals surface area contributed by atoms with E-state index in [1.807, 2.05) is 12.1 Å². The topological polar surface area (TPSA) is 38.0 Å². The summed E-state index contributed by atoms with van der Waals surface area (Å²) >= 11 is 3.40. The fraction of sp³-hybridized carbons (Fsp3) is 0.400. The largest absolute Gasteiger partial charge is 0.271 e. The first kappa shape index (κ1) is 10.7. The van der Waals surface area contributed by atoms with Crippen molar-refractivity contribution in [2.45, 2.75) is 25.8 Å². The Morgan fingerprint density at radius 1 is 1.38 bits per heavy atom. The van der Waals surface area contributed by atoms with E-state index in [0.717, 1.165) is 17.3 Å². The maximum atomic E-state index is 5.47. The van der Waals surface area contributed by atoms with Gasteiger partial charge in [0.25, 0.3) is 0 Å². The van der Waals surface area contributed by atoms with Crippen molar-refractivity contribution in [3.8, 4) is 0 Å². The highest BCUT2D eigenvalue weighted by atomic mass is 79.9. The minimum absolute atomic E-state index is 0.276. The van der Waals surface area contributed by atoms with Gasteiger partial charge in [0.2, 0.25) is 0 Å². The van der Waals surface area contributed by atoms with Crippen LogP contribution in [0.5, 0.6) is 0 Å². The SMILES string of the molecule is CCC[C@@H](NN)c1ccc(Br)cc1. The van der Waals surface area contributed by atoms with Crippen LogP contribution in [-0.4, -0.2) is 0 Å². The number of nitrogens with two attached hydrogens (primary N) is 1. The number of hydrogen-bond acceptors (Lipinski definition) is 2. The van der Waals surface area contributed by atoms with Gasteiger partial charge in [-0.1, -0.05) is 41.4 Å². The molecule has 0 aliphatic carbocycles. The van der Waals surface area contributed by atoms with E-state index in [1.54, 1.807) is 0 Å². The van der Waals surface area contributed by atoms with E-state index in [1.165, 1.54) is 5.56 Å². The molecule has 1 aromatic carbocycles. The zero-order chi connectivity index (χ0) is 9.68. The zero-order valence-corrected chi connectivity index (χ0v) is 9.34. The van der Waals surface area contributed by atoms with Gasteiger partial charge in [-0.05, 0) is 24.1 Å². The molecule has 3 heteroatoms. The highest BCUT2D eigenvalue weighted by Crippen LogP contribution is 2.19. The molecule has 72 valence electrons. The van der Waals surface area contributed by atoms with Crippen LogP contribution in [0.25, 0.3) is 0 Å². The molecule has 0 radical (unpaired) electrons. The fourth-order valence-corrected chi connectivity index (χ4v) is 1.59.